The van der Waals surface area contributed by atoms with Gasteiger partial charge in [-0.2, -0.15) is 0 Å². The molecule has 0 aromatic heterocycles. The number of hydrogen-bond acceptors (Lipinski definition) is 0. The standard InChI is InChI=1S/C25H29Si/c1-16(2)17-9-11-19(12-10-17)23-22-14-13-20-15-21(18-7-5-6-8-18)25(24(20)23)26(22,3)4/h9-16,18H,5-8H2,1-4H3. The van der Waals surface area contributed by atoms with Crippen LogP contribution in [0.25, 0.3) is 16.3 Å². The first-order valence-electron chi connectivity index (χ1n) is 10.4. The monoisotopic (exact) mass is 357 g/mol. The minimum absolute atomic E-state index is 0.596. The van der Waals surface area contributed by atoms with Crippen molar-refractivity contribution in [2.24, 2.45) is 5.92 Å². The van der Waals surface area contributed by atoms with Crippen LogP contribution in [-0.4, -0.2) is 8.07 Å². The summed E-state index contributed by atoms with van der Waals surface area (Å²) in [5.74, 6) is 1.42. The Balaban J connectivity index is 1.69. The summed E-state index contributed by atoms with van der Waals surface area (Å²) in [6.45, 7) is 9.71. The van der Waals surface area contributed by atoms with E-state index in [1.165, 1.54) is 42.4 Å². The van der Waals surface area contributed by atoms with Gasteiger partial charge in [0.25, 0.3) is 0 Å². The van der Waals surface area contributed by atoms with Crippen molar-refractivity contribution in [2.75, 3.05) is 0 Å². The van der Waals surface area contributed by atoms with Crippen molar-refractivity contribution in [1.82, 2.24) is 0 Å². The van der Waals surface area contributed by atoms with Gasteiger partial charge in [-0.15, -0.1) is 0 Å². The van der Waals surface area contributed by atoms with E-state index in [1.807, 2.05) is 0 Å². The predicted molar refractivity (Wildman–Crippen MR) is 115 cm³/mol. The molecule has 1 heteroatoms. The summed E-state index contributed by atoms with van der Waals surface area (Å²) >= 11 is 0. The predicted octanol–water partition coefficient (Wildman–Crippen LogP) is 6.45. The van der Waals surface area contributed by atoms with Crippen molar-refractivity contribution >= 4 is 18.5 Å². The molecule has 0 atom stereocenters. The maximum Gasteiger partial charge on any atom is 0.113 e. The zero-order chi connectivity index (χ0) is 18.1. The van der Waals surface area contributed by atoms with Gasteiger partial charge >= 0.3 is 0 Å². The van der Waals surface area contributed by atoms with Crippen LogP contribution in [0.15, 0.2) is 42.0 Å². The van der Waals surface area contributed by atoms with Gasteiger partial charge in [-0.25, -0.2) is 0 Å². The smallest absolute Gasteiger partial charge is 0.0616 e. The van der Waals surface area contributed by atoms with Gasteiger partial charge in [0.15, 0.2) is 0 Å². The zero-order valence-corrected chi connectivity index (χ0v) is 17.5. The van der Waals surface area contributed by atoms with Gasteiger partial charge in [-0.1, -0.05) is 81.8 Å². The molecule has 3 aliphatic rings. The fourth-order valence-corrected chi connectivity index (χ4v) is 9.17. The Labute approximate surface area is 159 Å². The average molecular weight is 358 g/mol. The summed E-state index contributed by atoms with van der Waals surface area (Å²) in [5.41, 5.74) is 9.25. The van der Waals surface area contributed by atoms with E-state index in [2.05, 4.69) is 69.8 Å². The first-order chi connectivity index (χ1) is 12.5. The van der Waals surface area contributed by atoms with Crippen LogP contribution in [0.1, 0.15) is 62.1 Å². The van der Waals surface area contributed by atoms with Crippen molar-refractivity contribution < 1.29 is 0 Å². The summed E-state index contributed by atoms with van der Waals surface area (Å²) in [6, 6.07) is 14.3. The SMILES string of the molecule is CC(C)c1ccc(-c2c3ccc4c2C(=C(C2CCCC2)[CH]4)[Si]3(C)C)cc1. The molecule has 0 nitrogen and oxygen atoms in total. The maximum absolute atomic E-state index is 2.58. The van der Waals surface area contributed by atoms with E-state index in [4.69, 9.17) is 0 Å². The lowest BCUT2D eigenvalue weighted by Crippen LogP contribution is -2.40. The first kappa shape index (κ1) is 16.6. The van der Waals surface area contributed by atoms with E-state index in [9.17, 15) is 0 Å². The third-order valence-corrected chi connectivity index (χ3v) is 10.6. The van der Waals surface area contributed by atoms with Gasteiger partial charge in [0.05, 0.1) is 0 Å². The number of benzene rings is 2. The van der Waals surface area contributed by atoms with Gasteiger partial charge in [0, 0.05) is 6.42 Å². The van der Waals surface area contributed by atoms with Crippen LogP contribution >= 0.6 is 0 Å². The van der Waals surface area contributed by atoms with Crippen LogP contribution in [0, 0.1) is 12.3 Å². The molecule has 1 saturated carbocycles. The molecule has 1 radical (unpaired) electrons. The van der Waals surface area contributed by atoms with E-state index < -0.39 is 8.07 Å². The van der Waals surface area contributed by atoms with Gasteiger partial charge in [-0.05, 0) is 62.9 Å². The number of allylic oxidation sites excluding steroid dienone is 1. The van der Waals surface area contributed by atoms with Crippen LogP contribution in [-0.2, 0) is 0 Å². The third kappa shape index (κ3) is 2.19. The lowest BCUT2D eigenvalue weighted by Gasteiger charge is -2.24. The Hall–Kier alpha value is -1.60. The van der Waals surface area contributed by atoms with E-state index in [1.54, 1.807) is 27.1 Å². The maximum atomic E-state index is 2.58. The summed E-state index contributed by atoms with van der Waals surface area (Å²) in [5, 5.41) is 3.44. The molecule has 0 amide bonds. The summed E-state index contributed by atoms with van der Waals surface area (Å²) < 4.78 is 0. The van der Waals surface area contributed by atoms with E-state index in [0.717, 1.165) is 5.92 Å². The molecule has 2 aliphatic carbocycles. The van der Waals surface area contributed by atoms with E-state index in [0.29, 0.717) is 5.92 Å². The molecule has 5 rings (SSSR count). The average Bonchev–Trinajstić information content (AvgIpc) is 3.30. The minimum atomic E-state index is -1.59. The largest absolute Gasteiger partial charge is 0.113 e. The molecule has 1 aliphatic heterocycles. The van der Waals surface area contributed by atoms with Crippen LogP contribution in [0.5, 0.6) is 0 Å². The van der Waals surface area contributed by atoms with Gasteiger partial charge in [0.2, 0.25) is 0 Å². The second-order valence-electron chi connectivity index (χ2n) is 9.31. The molecule has 0 N–H and O–H groups in total. The van der Waals surface area contributed by atoms with Crippen LogP contribution in [0.4, 0.5) is 0 Å². The molecular formula is C25H29Si. The summed E-state index contributed by atoms with van der Waals surface area (Å²) in [4.78, 5) is 0. The molecule has 0 saturated heterocycles. The van der Waals surface area contributed by atoms with Crippen molar-refractivity contribution in [2.45, 2.75) is 58.5 Å². The highest BCUT2D eigenvalue weighted by Crippen LogP contribution is 2.53. The lowest BCUT2D eigenvalue weighted by atomic mass is 9.94. The highest BCUT2D eigenvalue weighted by Gasteiger charge is 2.46. The zero-order valence-electron chi connectivity index (χ0n) is 16.5. The summed E-state index contributed by atoms with van der Waals surface area (Å²) in [6.07, 6.45) is 8.20. The van der Waals surface area contributed by atoms with E-state index in [-0.39, 0.29) is 0 Å². The molecule has 2 bridgehead atoms. The molecule has 0 spiro atoms. The number of hydrogen-bond donors (Lipinski definition) is 0. The van der Waals surface area contributed by atoms with Gasteiger partial charge in [0.1, 0.15) is 8.07 Å². The lowest BCUT2D eigenvalue weighted by molar-refractivity contribution is 0.655. The first-order valence-corrected chi connectivity index (χ1v) is 13.4. The Kier molecular flexibility index (Phi) is 3.63. The molecule has 2 aromatic carbocycles. The second-order valence-corrected chi connectivity index (χ2v) is 13.6. The second kappa shape index (κ2) is 5.69. The highest BCUT2D eigenvalue weighted by atomic mass is 28.3. The number of fused-ring (bicyclic) bond motifs is 1. The fourth-order valence-electron chi connectivity index (χ4n) is 5.61. The molecular weight excluding hydrogens is 328 g/mol. The molecule has 0 unspecified atom stereocenters. The van der Waals surface area contributed by atoms with Crippen LogP contribution < -0.4 is 5.19 Å². The van der Waals surface area contributed by atoms with Crippen LogP contribution in [0.2, 0.25) is 13.1 Å². The van der Waals surface area contributed by atoms with Crippen molar-refractivity contribution in [1.29, 1.82) is 0 Å². The van der Waals surface area contributed by atoms with Crippen LogP contribution in [0.3, 0.4) is 0 Å². The molecule has 26 heavy (non-hydrogen) atoms. The molecule has 1 fully saturated rings. The molecule has 133 valence electrons. The quantitative estimate of drug-likeness (QED) is 0.553. The molecule has 1 heterocycles. The Morgan fingerprint density at radius 2 is 1.58 bits per heavy atom. The molecule has 2 aromatic rings. The van der Waals surface area contributed by atoms with Gasteiger partial charge < -0.3 is 0 Å². The van der Waals surface area contributed by atoms with E-state index >= 15 is 0 Å². The Bertz CT molecular complexity index is 906. The van der Waals surface area contributed by atoms with Crippen molar-refractivity contribution in [3.63, 3.8) is 0 Å². The normalized spacial score (nSPS) is 20.7. The minimum Gasteiger partial charge on any atom is -0.0616 e. The Morgan fingerprint density at radius 1 is 0.885 bits per heavy atom. The van der Waals surface area contributed by atoms with Crippen molar-refractivity contribution in [3.05, 3.63) is 65.1 Å². The third-order valence-electron chi connectivity index (χ3n) is 7.05. The summed E-state index contributed by atoms with van der Waals surface area (Å²) in [7, 11) is -1.59. The topological polar surface area (TPSA) is 0 Å². The fraction of sp³-hybridized carbons (Fsp3) is 0.400. The number of rotatable bonds is 3. The van der Waals surface area contributed by atoms with Gasteiger partial charge in [-0.3, -0.25) is 0 Å². The Morgan fingerprint density at radius 3 is 2.23 bits per heavy atom. The van der Waals surface area contributed by atoms with Crippen molar-refractivity contribution in [3.8, 4) is 11.1 Å². The highest BCUT2D eigenvalue weighted by molar-refractivity contribution is 7.07.